The van der Waals surface area contributed by atoms with Crippen LogP contribution in [0.2, 0.25) is 0 Å². The van der Waals surface area contributed by atoms with Crippen LogP contribution >= 0.6 is 0 Å². The predicted molar refractivity (Wildman–Crippen MR) is 172 cm³/mol. The van der Waals surface area contributed by atoms with Crippen molar-refractivity contribution in [1.29, 1.82) is 0 Å². The fourth-order valence-electron chi connectivity index (χ4n) is 6.06. The van der Waals surface area contributed by atoms with Gasteiger partial charge in [-0.1, -0.05) is 6.07 Å². The smallest absolute Gasteiger partial charge is 0.358 e. The predicted octanol–water partition coefficient (Wildman–Crippen LogP) is 5.72. The number of alkyl halides is 3. The van der Waals surface area contributed by atoms with Gasteiger partial charge in [-0.05, 0) is 88.7 Å². The summed E-state index contributed by atoms with van der Waals surface area (Å²) in [6.07, 6.45) is 2.32. The molecule has 2 aromatic heterocycles. The van der Waals surface area contributed by atoms with Crippen molar-refractivity contribution >= 4 is 40.7 Å². The third kappa shape index (κ3) is 6.70. The Morgan fingerprint density at radius 2 is 1.81 bits per heavy atom. The number of imidazole rings is 1. The molecule has 4 heterocycles. The zero-order chi connectivity index (χ0) is 33.5. The van der Waals surface area contributed by atoms with Gasteiger partial charge in [0, 0.05) is 53.2 Å². The molecule has 2 aliphatic rings. The minimum absolute atomic E-state index is 0.138. The van der Waals surface area contributed by atoms with E-state index in [-0.39, 0.29) is 28.8 Å². The van der Waals surface area contributed by atoms with E-state index in [1.54, 1.807) is 37.4 Å². The highest BCUT2D eigenvalue weighted by molar-refractivity contribution is 6.35. The number of carbonyl (C=O) groups excluding carboxylic acids is 3. The number of anilines is 2. The Balaban J connectivity index is 1.20. The molecule has 1 fully saturated rings. The van der Waals surface area contributed by atoms with Crippen LogP contribution in [0, 0.1) is 20.8 Å². The highest BCUT2D eigenvalue weighted by Crippen LogP contribution is 2.36. The van der Waals surface area contributed by atoms with Crippen LogP contribution in [0.25, 0.3) is 17.3 Å². The van der Waals surface area contributed by atoms with Crippen LogP contribution in [0.1, 0.15) is 67.3 Å². The molecule has 10 nitrogen and oxygen atoms in total. The number of hydrogen-bond donors (Lipinski definition) is 4. The summed E-state index contributed by atoms with van der Waals surface area (Å²) < 4.78 is 42.5. The van der Waals surface area contributed by atoms with E-state index < -0.39 is 17.6 Å². The average molecular weight is 646 g/mol. The third-order valence-corrected chi connectivity index (χ3v) is 8.48. The van der Waals surface area contributed by atoms with Gasteiger partial charge < -0.3 is 30.4 Å². The molecule has 0 spiro atoms. The number of nitrogens with zero attached hydrogens (tertiary/aromatic N) is 3. The summed E-state index contributed by atoms with van der Waals surface area (Å²) in [6.45, 7) is 8.80. The fraction of sp³-hybridized carbons (Fsp3) is 0.294. The molecular weight excluding hydrogens is 611 g/mol. The lowest BCUT2D eigenvalue weighted by atomic mass is 10.0. The SMILES string of the molecule is Cc1cn(-c2cc(C(=O)Nc3ccc4c(c3)NC(=O)C4=Cc3[nH]c(C)c(C(=O)NCCN4CCCC4)c3C)cc(C(F)(F)F)c2)cn1. The van der Waals surface area contributed by atoms with Crippen LogP contribution < -0.4 is 16.0 Å². The lowest BCUT2D eigenvalue weighted by Crippen LogP contribution is -2.33. The van der Waals surface area contributed by atoms with E-state index >= 15 is 0 Å². The van der Waals surface area contributed by atoms with Crippen molar-refractivity contribution in [2.45, 2.75) is 39.8 Å². The number of aryl methyl sites for hydroxylation is 2. The summed E-state index contributed by atoms with van der Waals surface area (Å²) in [4.78, 5) is 48.8. The Hall–Kier alpha value is -5.17. The lowest BCUT2D eigenvalue weighted by Gasteiger charge is -2.14. The quantitative estimate of drug-likeness (QED) is 0.183. The molecule has 244 valence electrons. The summed E-state index contributed by atoms with van der Waals surface area (Å²) in [7, 11) is 0. The molecule has 4 aromatic rings. The monoisotopic (exact) mass is 645 g/mol. The second kappa shape index (κ2) is 12.6. The van der Waals surface area contributed by atoms with Gasteiger partial charge >= 0.3 is 6.18 Å². The molecule has 6 rings (SSSR count). The van der Waals surface area contributed by atoms with Gasteiger partial charge in [-0.2, -0.15) is 13.2 Å². The van der Waals surface area contributed by atoms with Crippen LogP contribution in [0.5, 0.6) is 0 Å². The standard InChI is InChI=1S/C34H34F3N7O3/c1-19-17-44(18-39-19)25-13-22(12-23(14-25)34(35,36)37)31(45)41-24-6-7-26-27(32(46)42-29(26)15-24)16-28-20(2)30(21(3)40-28)33(47)38-8-11-43-9-4-5-10-43/h6-7,12-18,40H,4-5,8-11H2,1-3H3,(H,38,47)(H,41,45)(H,42,46). The Morgan fingerprint density at radius 1 is 1.04 bits per heavy atom. The van der Waals surface area contributed by atoms with Crippen LogP contribution in [0.3, 0.4) is 0 Å². The summed E-state index contributed by atoms with van der Waals surface area (Å²) in [5.74, 6) is -1.30. The Morgan fingerprint density at radius 3 is 2.51 bits per heavy atom. The van der Waals surface area contributed by atoms with E-state index in [1.807, 2.05) is 13.8 Å². The fourth-order valence-corrected chi connectivity index (χ4v) is 6.06. The number of aromatic amines is 1. The molecule has 0 unspecified atom stereocenters. The van der Waals surface area contributed by atoms with Crippen LogP contribution in [-0.2, 0) is 11.0 Å². The van der Waals surface area contributed by atoms with Crippen molar-refractivity contribution in [3.63, 3.8) is 0 Å². The number of hydrogen-bond acceptors (Lipinski definition) is 5. The largest absolute Gasteiger partial charge is 0.416 e. The minimum atomic E-state index is -4.67. The minimum Gasteiger partial charge on any atom is -0.358 e. The number of H-pyrrole nitrogens is 1. The first-order valence-corrected chi connectivity index (χ1v) is 15.3. The second-order valence-corrected chi connectivity index (χ2v) is 11.9. The van der Waals surface area contributed by atoms with E-state index in [2.05, 4.69) is 30.8 Å². The number of carbonyl (C=O) groups is 3. The molecular formula is C34H34F3N7O3. The number of amides is 3. The average Bonchev–Trinajstić information content (AvgIpc) is 3.81. The zero-order valence-corrected chi connectivity index (χ0v) is 26.1. The molecule has 47 heavy (non-hydrogen) atoms. The van der Waals surface area contributed by atoms with E-state index in [0.29, 0.717) is 51.6 Å². The van der Waals surface area contributed by atoms with E-state index in [4.69, 9.17) is 0 Å². The van der Waals surface area contributed by atoms with Gasteiger partial charge in [-0.15, -0.1) is 0 Å². The van der Waals surface area contributed by atoms with Crippen LogP contribution in [0.4, 0.5) is 24.5 Å². The molecule has 0 radical (unpaired) electrons. The number of likely N-dealkylation sites (tertiary alicyclic amines) is 1. The lowest BCUT2D eigenvalue weighted by molar-refractivity contribution is -0.137. The number of rotatable bonds is 8. The van der Waals surface area contributed by atoms with Gasteiger partial charge in [0.05, 0.1) is 34.4 Å². The maximum Gasteiger partial charge on any atom is 0.416 e. The first-order chi connectivity index (χ1) is 22.4. The van der Waals surface area contributed by atoms with Crippen molar-refractivity contribution in [1.82, 2.24) is 24.8 Å². The molecule has 2 aliphatic heterocycles. The van der Waals surface area contributed by atoms with Gasteiger partial charge in [0.25, 0.3) is 17.7 Å². The Labute approximate surface area is 269 Å². The number of fused-ring (bicyclic) bond motifs is 1. The van der Waals surface area contributed by atoms with Crippen molar-refractivity contribution in [3.05, 3.63) is 93.8 Å². The van der Waals surface area contributed by atoms with Crippen LogP contribution in [-0.4, -0.2) is 63.3 Å². The molecule has 0 saturated carbocycles. The Kier molecular flexibility index (Phi) is 8.49. The normalized spacial score (nSPS) is 15.6. The number of halogens is 3. The van der Waals surface area contributed by atoms with Gasteiger partial charge in [-0.25, -0.2) is 4.98 Å². The van der Waals surface area contributed by atoms with Crippen LogP contribution in [0.15, 0.2) is 48.9 Å². The summed E-state index contributed by atoms with van der Waals surface area (Å²) in [6, 6.07) is 7.87. The maximum absolute atomic E-state index is 13.7. The number of benzene rings is 2. The Bertz CT molecular complexity index is 1920. The van der Waals surface area contributed by atoms with Gasteiger partial charge in [0.2, 0.25) is 0 Å². The molecule has 3 amide bonds. The summed E-state index contributed by atoms with van der Waals surface area (Å²) in [5, 5.41) is 8.43. The molecule has 1 saturated heterocycles. The molecule has 4 N–H and O–H groups in total. The van der Waals surface area contributed by atoms with Crippen molar-refractivity contribution in [3.8, 4) is 5.69 Å². The topological polar surface area (TPSA) is 124 Å². The number of nitrogens with one attached hydrogen (secondary N) is 4. The van der Waals surface area contributed by atoms with Gasteiger partial charge in [0.15, 0.2) is 0 Å². The zero-order valence-electron chi connectivity index (χ0n) is 26.1. The van der Waals surface area contributed by atoms with Crippen molar-refractivity contribution in [2.75, 3.05) is 36.8 Å². The van der Waals surface area contributed by atoms with Crippen molar-refractivity contribution in [2.24, 2.45) is 0 Å². The van der Waals surface area contributed by atoms with Crippen molar-refractivity contribution < 1.29 is 27.6 Å². The molecule has 0 bridgehead atoms. The summed E-state index contributed by atoms with van der Waals surface area (Å²) >= 11 is 0. The van der Waals surface area contributed by atoms with E-state index in [0.717, 1.165) is 31.8 Å². The molecule has 0 atom stereocenters. The second-order valence-electron chi connectivity index (χ2n) is 11.9. The first-order valence-electron chi connectivity index (χ1n) is 15.3. The first kappa shape index (κ1) is 31.8. The van der Waals surface area contributed by atoms with E-state index in [9.17, 15) is 27.6 Å². The molecule has 2 aromatic carbocycles. The third-order valence-electron chi connectivity index (χ3n) is 8.48. The van der Waals surface area contributed by atoms with E-state index in [1.165, 1.54) is 29.8 Å². The molecule has 0 aliphatic carbocycles. The van der Waals surface area contributed by atoms with Gasteiger partial charge in [-0.3, -0.25) is 14.4 Å². The highest BCUT2D eigenvalue weighted by Gasteiger charge is 2.32. The maximum atomic E-state index is 13.7. The molecule has 13 heteroatoms. The number of aromatic nitrogens is 3. The summed E-state index contributed by atoms with van der Waals surface area (Å²) in [5.41, 5.74) is 3.79. The highest BCUT2D eigenvalue weighted by atomic mass is 19.4. The van der Waals surface area contributed by atoms with Gasteiger partial charge in [0.1, 0.15) is 0 Å².